The smallest absolute Gasteiger partial charge is 0.155 e. The van der Waals surface area contributed by atoms with Crippen LogP contribution in [0.1, 0.15) is 85.5 Å². The van der Waals surface area contributed by atoms with Gasteiger partial charge in [-0.3, -0.25) is 4.79 Å². The van der Waals surface area contributed by atoms with Crippen LogP contribution in [0, 0.1) is 46.3 Å². The first kappa shape index (κ1) is 19.9. The summed E-state index contributed by atoms with van der Waals surface area (Å²) in [5, 5.41) is 0. The average molecular weight is 397 g/mol. The highest BCUT2D eigenvalue weighted by molar-refractivity contribution is 5.91. The molecule has 160 valence electrons. The predicted molar refractivity (Wildman–Crippen MR) is 117 cm³/mol. The first-order chi connectivity index (χ1) is 13.8. The molecule has 0 radical (unpaired) electrons. The summed E-state index contributed by atoms with van der Waals surface area (Å²) >= 11 is 0. The molecule has 0 aromatic heterocycles. The molecule has 3 fully saturated rings. The topological polar surface area (TPSA) is 26.3 Å². The van der Waals surface area contributed by atoms with Crippen molar-refractivity contribution in [1.82, 2.24) is 0 Å². The number of carbonyl (C=O) groups is 1. The monoisotopic (exact) mass is 396 g/mol. The maximum absolute atomic E-state index is 12.0. The first-order valence-corrected chi connectivity index (χ1v) is 12.4. The lowest BCUT2D eigenvalue weighted by Gasteiger charge is -2.60. The van der Waals surface area contributed by atoms with Crippen LogP contribution in [-0.4, -0.2) is 12.4 Å². The van der Waals surface area contributed by atoms with Crippen molar-refractivity contribution in [2.75, 3.05) is 6.61 Å². The van der Waals surface area contributed by atoms with Crippen molar-refractivity contribution >= 4 is 5.78 Å². The number of hydrogen-bond donors (Lipinski definition) is 0. The highest BCUT2D eigenvalue weighted by Crippen LogP contribution is 2.68. The van der Waals surface area contributed by atoms with Crippen molar-refractivity contribution in [2.24, 2.45) is 46.3 Å². The van der Waals surface area contributed by atoms with Crippen LogP contribution in [0.3, 0.4) is 0 Å². The third-order valence-corrected chi connectivity index (χ3v) is 10.2. The molecule has 0 aromatic carbocycles. The molecule has 0 aromatic rings. The van der Waals surface area contributed by atoms with Gasteiger partial charge in [-0.05, 0) is 104 Å². The lowest BCUT2D eigenvalue weighted by atomic mass is 9.45. The minimum Gasteiger partial charge on any atom is -0.497 e. The highest BCUT2D eigenvalue weighted by Gasteiger charge is 2.62. The van der Waals surface area contributed by atoms with Crippen molar-refractivity contribution in [3.8, 4) is 0 Å². The van der Waals surface area contributed by atoms with Gasteiger partial charge in [-0.25, -0.2) is 0 Å². The van der Waals surface area contributed by atoms with Crippen LogP contribution in [-0.2, 0) is 9.53 Å². The van der Waals surface area contributed by atoms with Crippen molar-refractivity contribution < 1.29 is 9.53 Å². The molecule has 0 bridgehead atoms. The Labute approximate surface area is 177 Å². The fourth-order valence-corrected chi connectivity index (χ4v) is 8.59. The summed E-state index contributed by atoms with van der Waals surface area (Å²) in [6.45, 7) is 10.5. The number of hydrogen-bond acceptors (Lipinski definition) is 2. The molecule has 0 N–H and O–H groups in total. The minimum absolute atomic E-state index is 0.249. The van der Waals surface area contributed by atoms with Crippen molar-refractivity contribution in [1.29, 1.82) is 0 Å². The molecule has 0 saturated heterocycles. The molecule has 0 unspecified atom stereocenters. The van der Waals surface area contributed by atoms with E-state index >= 15 is 0 Å². The Morgan fingerprint density at radius 2 is 1.97 bits per heavy atom. The molecule has 29 heavy (non-hydrogen) atoms. The molecule has 3 saturated carbocycles. The fourth-order valence-electron chi connectivity index (χ4n) is 8.59. The van der Waals surface area contributed by atoms with E-state index in [4.69, 9.17) is 4.74 Å². The number of rotatable bonds is 3. The standard InChI is InChI=1S/C27H40O2/c1-17(2)5-10-25-18(3)22-8-9-24-21-7-6-19-15-20(28)11-13-26(19,4)23(21)12-14-27(22,24)16-29-25/h11,13,17,19,21-24H,5-10,12,14-16H2,1-4H3/t19-,21+,22+,23-,24-,26-,27-/m0/s1. The third kappa shape index (κ3) is 2.91. The average Bonchev–Trinajstić information content (AvgIpc) is 3.08. The quantitative estimate of drug-likeness (QED) is 0.530. The number of fused-ring (bicyclic) bond motifs is 4. The predicted octanol–water partition coefficient (Wildman–Crippen LogP) is 6.71. The van der Waals surface area contributed by atoms with Gasteiger partial charge in [0.2, 0.25) is 0 Å². The molecular weight excluding hydrogens is 356 g/mol. The molecule has 1 heterocycles. The van der Waals surface area contributed by atoms with E-state index in [9.17, 15) is 4.79 Å². The molecule has 5 aliphatic rings. The highest BCUT2D eigenvalue weighted by atomic mass is 16.5. The summed E-state index contributed by atoms with van der Waals surface area (Å²) in [4.78, 5) is 12.0. The second kappa shape index (κ2) is 6.99. The maximum atomic E-state index is 12.0. The molecule has 1 spiro atoms. The largest absolute Gasteiger partial charge is 0.497 e. The Morgan fingerprint density at radius 3 is 2.76 bits per heavy atom. The van der Waals surface area contributed by atoms with Gasteiger partial charge >= 0.3 is 0 Å². The van der Waals surface area contributed by atoms with Crippen LogP contribution in [0.4, 0.5) is 0 Å². The van der Waals surface area contributed by atoms with Crippen LogP contribution >= 0.6 is 0 Å². The van der Waals surface area contributed by atoms with Gasteiger partial charge in [-0.15, -0.1) is 0 Å². The second-order valence-corrected chi connectivity index (χ2v) is 11.8. The van der Waals surface area contributed by atoms with Gasteiger partial charge in [0.05, 0.1) is 12.4 Å². The maximum Gasteiger partial charge on any atom is 0.155 e. The van der Waals surface area contributed by atoms with Gasteiger partial charge in [0.25, 0.3) is 0 Å². The Kier molecular flexibility index (Phi) is 4.79. The molecule has 4 aliphatic carbocycles. The van der Waals surface area contributed by atoms with E-state index in [0.29, 0.717) is 17.1 Å². The van der Waals surface area contributed by atoms with E-state index < -0.39 is 0 Å². The number of ketones is 1. The van der Waals surface area contributed by atoms with Gasteiger partial charge in [0.15, 0.2) is 5.78 Å². The Bertz CT molecular complexity index is 746. The zero-order chi connectivity index (χ0) is 20.4. The molecule has 5 rings (SSSR count). The summed E-state index contributed by atoms with van der Waals surface area (Å²) in [6.07, 6.45) is 15.4. The molecule has 7 atom stereocenters. The zero-order valence-electron chi connectivity index (χ0n) is 19.0. The van der Waals surface area contributed by atoms with Crippen LogP contribution in [0.5, 0.6) is 0 Å². The van der Waals surface area contributed by atoms with Crippen LogP contribution in [0.15, 0.2) is 23.5 Å². The zero-order valence-corrected chi connectivity index (χ0v) is 19.0. The number of carbonyl (C=O) groups excluding carboxylic acids is 1. The van der Waals surface area contributed by atoms with Crippen molar-refractivity contribution in [3.63, 3.8) is 0 Å². The molecular formula is C27H40O2. The van der Waals surface area contributed by atoms with Crippen molar-refractivity contribution in [2.45, 2.75) is 85.5 Å². The van der Waals surface area contributed by atoms with E-state index in [1.165, 1.54) is 50.7 Å². The molecule has 0 amide bonds. The van der Waals surface area contributed by atoms with Crippen molar-refractivity contribution in [3.05, 3.63) is 23.5 Å². The van der Waals surface area contributed by atoms with E-state index in [1.54, 1.807) is 5.57 Å². The summed E-state index contributed by atoms with van der Waals surface area (Å²) in [5.74, 6) is 6.21. The molecule has 1 aliphatic heterocycles. The SMILES string of the molecule is CC1=C(CCC(C)C)OC[C@]23CC[C@H]4[C@@H](CC[C@H]5CC(=O)C=C[C@@]54C)[C@@H]2CC[C@H]13. The van der Waals surface area contributed by atoms with Gasteiger partial charge in [0.1, 0.15) is 0 Å². The van der Waals surface area contributed by atoms with E-state index in [0.717, 1.165) is 49.0 Å². The Morgan fingerprint density at radius 1 is 1.14 bits per heavy atom. The summed E-state index contributed by atoms with van der Waals surface area (Å²) in [6, 6.07) is 0. The van der Waals surface area contributed by atoms with E-state index in [-0.39, 0.29) is 5.41 Å². The molecule has 2 heteroatoms. The van der Waals surface area contributed by atoms with Crippen LogP contribution < -0.4 is 0 Å². The van der Waals surface area contributed by atoms with E-state index in [1.807, 2.05) is 6.08 Å². The van der Waals surface area contributed by atoms with Crippen LogP contribution in [0.2, 0.25) is 0 Å². The van der Waals surface area contributed by atoms with Gasteiger partial charge in [-0.1, -0.05) is 26.8 Å². The van der Waals surface area contributed by atoms with Gasteiger partial charge < -0.3 is 4.74 Å². The number of allylic oxidation sites excluding steroid dienone is 4. The lowest BCUT2D eigenvalue weighted by molar-refractivity contribution is -0.127. The number of ether oxygens (including phenoxy) is 1. The minimum atomic E-state index is 0.249. The lowest BCUT2D eigenvalue weighted by Crippen LogP contribution is -2.55. The Balaban J connectivity index is 1.41. The fraction of sp³-hybridized carbons (Fsp3) is 0.815. The van der Waals surface area contributed by atoms with Gasteiger partial charge in [-0.2, -0.15) is 0 Å². The van der Waals surface area contributed by atoms with Crippen LogP contribution in [0.25, 0.3) is 0 Å². The second-order valence-electron chi connectivity index (χ2n) is 11.8. The first-order valence-electron chi connectivity index (χ1n) is 12.4. The Hall–Kier alpha value is -1.05. The van der Waals surface area contributed by atoms with E-state index in [2.05, 4.69) is 33.8 Å². The summed E-state index contributed by atoms with van der Waals surface area (Å²) in [5.41, 5.74) is 2.25. The molecule has 2 nitrogen and oxygen atoms in total. The van der Waals surface area contributed by atoms with Gasteiger partial charge in [0, 0.05) is 18.3 Å². The summed E-state index contributed by atoms with van der Waals surface area (Å²) in [7, 11) is 0. The summed E-state index contributed by atoms with van der Waals surface area (Å²) < 4.78 is 6.56. The third-order valence-electron chi connectivity index (χ3n) is 10.2. The normalized spacial score (nSPS) is 46.1.